The Balaban J connectivity index is 1.92. The third-order valence-corrected chi connectivity index (χ3v) is 5.01. The van der Waals surface area contributed by atoms with Crippen LogP contribution in [-0.2, 0) is 0 Å². The standard InChI is InChI=1S/C20H26F4/c1-2-3-4-5-15-6-8-16(9-7-15)18-11-10-17(19(21)14-18)12-13-20(22,23)24/h10-16H,2-9H2,1H3/b13-12+. The number of hydrogen-bond donors (Lipinski definition) is 0. The molecule has 1 aliphatic carbocycles. The van der Waals surface area contributed by atoms with E-state index in [1.54, 1.807) is 6.07 Å². The Bertz CT molecular complexity index is 537. The van der Waals surface area contributed by atoms with E-state index in [2.05, 4.69) is 6.92 Å². The van der Waals surface area contributed by atoms with E-state index in [9.17, 15) is 17.6 Å². The molecule has 1 saturated carbocycles. The molecule has 1 aromatic rings. The summed E-state index contributed by atoms with van der Waals surface area (Å²) in [7, 11) is 0. The van der Waals surface area contributed by atoms with Gasteiger partial charge in [0, 0.05) is 11.6 Å². The number of allylic oxidation sites excluding steroid dienone is 1. The Morgan fingerprint density at radius 1 is 1.08 bits per heavy atom. The van der Waals surface area contributed by atoms with Crippen molar-refractivity contribution in [1.82, 2.24) is 0 Å². The lowest BCUT2D eigenvalue weighted by Crippen LogP contribution is -2.13. The average molecular weight is 342 g/mol. The molecule has 24 heavy (non-hydrogen) atoms. The van der Waals surface area contributed by atoms with E-state index in [4.69, 9.17) is 0 Å². The van der Waals surface area contributed by atoms with E-state index in [-0.39, 0.29) is 11.6 Å². The summed E-state index contributed by atoms with van der Waals surface area (Å²) in [5, 5.41) is 0. The molecular formula is C20H26F4. The Hall–Kier alpha value is -1.32. The van der Waals surface area contributed by atoms with Crippen molar-refractivity contribution in [3.8, 4) is 0 Å². The highest BCUT2D eigenvalue weighted by atomic mass is 19.4. The van der Waals surface area contributed by atoms with Crippen molar-refractivity contribution in [3.63, 3.8) is 0 Å². The topological polar surface area (TPSA) is 0 Å². The van der Waals surface area contributed by atoms with Crippen LogP contribution in [0.1, 0.15) is 75.3 Å². The highest BCUT2D eigenvalue weighted by molar-refractivity contribution is 5.51. The molecule has 134 valence electrons. The van der Waals surface area contributed by atoms with E-state index in [1.807, 2.05) is 0 Å². The Morgan fingerprint density at radius 2 is 1.79 bits per heavy atom. The minimum Gasteiger partial charge on any atom is -0.206 e. The minimum absolute atomic E-state index is 0.00988. The minimum atomic E-state index is -4.42. The van der Waals surface area contributed by atoms with Crippen LogP contribution in [0.2, 0.25) is 0 Å². The number of benzene rings is 1. The van der Waals surface area contributed by atoms with Gasteiger partial charge >= 0.3 is 6.18 Å². The van der Waals surface area contributed by atoms with Gasteiger partial charge in [-0.2, -0.15) is 13.2 Å². The summed E-state index contributed by atoms with van der Waals surface area (Å²) in [6.45, 7) is 2.21. The second-order valence-electron chi connectivity index (χ2n) is 6.87. The first-order chi connectivity index (χ1) is 11.4. The summed E-state index contributed by atoms with van der Waals surface area (Å²) in [4.78, 5) is 0. The second-order valence-corrected chi connectivity index (χ2v) is 6.87. The van der Waals surface area contributed by atoms with Crippen molar-refractivity contribution < 1.29 is 17.6 Å². The van der Waals surface area contributed by atoms with Crippen LogP contribution in [0.15, 0.2) is 24.3 Å². The molecule has 0 aliphatic heterocycles. The lowest BCUT2D eigenvalue weighted by Gasteiger charge is -2.29. The van der Waals surface area contributed by atoms with Gasteiger partial charge in [0.05, 0.1) is 0 Å². The molecule has 0 saturated heterocycles. The van der Waals surface area contributed by atoms with E-state index in [1.165, 1.54) is 50.7 Å². The first-order valence-electron chi connectivity index (χ1n) is 8.94. The number of unbranched alkanes of at least 4 members (excludes halogenated alkanes) is 2. The Kier molecular flexibility index (Phi) is 6.88. The smallest absolute Gasteiger partial charge is 0.206 e. The molecular weight excluding hydrogens is 316 g/mol. The summed E-state index contributed by atoms with van der Waals surface area (Å²) in [5.74, 6) is 0.548. The van der Waals surface area contributed by atoms with Crippen LogP contribution in [0.4, 0.5) is 17.6 Å². The average Bonchev–Trinajstić information content (AvgIpc) is 2.54. The van der Waals surface area contributed by atoms with E-state index < -0.39 is 12.0 Å². The molecule has 0 bridgehead atoms. The van der Waals surface area contributed by atoms with E-state index >= 15 is 0 Å². The van der Waals surface area contributed by atoms with Gasteiger partial charge in [0.25, 0.3) is 0 Å². The first kappa shape index (κ1) is 19.0. The molecule has 2 rings (SSSR count). The van der Waals surface area contributed by atoms with Gasteiger partial charge in [-0.25, -0.2) is 4.39 Å². The Labute approximate surface area is 142 Å². The lowest BCUT2D eigenvalue weighted by molar-refractivity contribution is -0.0790. The fraction of sp³-hybridized carbons (Fsp3) is 0.600. The van der Waals surface area contributed by atoms with Crippen molar-refractivity contribution in [3.05, 3.63) is 41.2 Å². The zero-order valence-corrected chi connectivity index (χ0v) is 14.2. The summed E-state index contributed by atoms with van der Waals surface area (Å²) < 4.78 is 50.6. The van der Waals surface area contributed by atoms with Crippen molar-refractivity contribution in [2.45, 2.75) is 70.4 Å². The van der Waals surface area contributed by atoms with Gasteiger partial charge in [-0.1, -0.05) is 44.7 Å². The summed E-state index contributed by atoms with van der Waals surface area (Å²) >= 11 is 0. The number of hydrogen-bond acceptors (Lipinski definition) is 0. The molecule has 0 spiro atoms. The van der Waals surface area contributed by atoms with Gasteiger partial charge < -0.3 is 0 Å². The Morgan fingerprint density at radius 3 is 2.38 bits per heavy atom. The summed E-state index contributed by atoms with van der Waals surface area (Å²) in [6.07, 6.45) is 6.01. The molecule has 0 heterocycles. The molecule has 1 aromatic carbocycles. The maximum absolute atomic E-state index is 14.0. The molecule has 0 radical (unpaired) electrons. The normalized spacial score (nSPS) is 22.2. The van der Waals surface area contributed by atoms with Gasteiger partial charge in [0.15, 0.2) is 0 Å². The maximum Gasteiger partial charge on any atom is 0.409 e. The quantitative estimate of drug-likeness (QED) is 0.377. The number of halogens is 4. The van der Waals surface area contributed by atoms with Crippen LogP contribution in [0.3, 0.4) is 0 Å². The van der Waals surface area contributed by atoms with Crippen LogP contribution in [0, 0.1) is 11.7 Å². The third-order valence-electron chi connectivity index (χ3n) is 5.01. The molecule has 4 heteroatoms. The molecule has 0 amide bonds. The van der Waals surface area contributed by atoms with Crippen LogP contribution in [-0.4, -0.2) is 6.18 Å². The first-order valence-corrected chi connectivity index (χ1v) is 8.94. The van der Waals surface area contributed by atoms with Gasteiger partial charge in [0.1, 0.15) is 5.82 Å². The van der Waals surface area contributed by atoms with Crippen molar-refractivity contribution in [2.24, 2.45) is 5.92 Å². The zero-order chi connectivity index (χ0) is 17.6. The van der Waals surface area contributed by atoms with Gasteiger partial charge in [-0.05, 0) is 55.2 Å². The largest absolute Gasteiger partial charge is 0.409 e. The zero-order valence-electron chi connectivity index (χ0n) is 14.2. The van der Waals surface area contributed by atoms with Crippen molar-refractivity contribution in [2.75, 3.05) is 0 Å². The molecule has 0 unspecified atom stereocenters. The fourth-order valence-corrected chi connectivity index (χ4v) is 3.58. The molecule has 0 aromatic heterocycles. The second kappa shape index (κ2) is 8.68. The van der Waals surface area contributed by atoms with Crippen molar-refractivity contribution in [1.29, 1.82) is 0 Å². The van der Waals surface area contributed by atoms with Crippen LogP contribution in [0.25, 0.3) is 6.08 Å². The number of alkyl halides is 3. The van der Waals surface area contributed by atoms with Gasteiger partial charge in [-0.3, -0.25) is 0 Å². The monoisotopic (exact) mass is 342 g/mol. The van der Waals surface area contributed by atoms with Crippen LogP contribution in [0.5, 0.6) is 0 Å². The predicted molar refractivity (Wildman–Crippen MR) is 90.3 cm³/mol. The maximum atomic E-state index is 14.0. The SMILES string of the molecule is CCCCCC1CCC(c2ccc(/C=C/C(F)(F)F)c(F)c2)CC1. The van der Waals surface area contributed by atoms with Crippen LogP contribution < -0.4 is 0 Å². The third kappa shape index (κ3) is 5.95. The highest BCUT2D eigenvalue weighted by Crippen LogP contribution is 2.38. The van der Waals surface area contributed by atoms with Crippen molar-refractivity contribution >= 4 is 6.08 Å². The van der Waals surface area contributed by atoms with Gasteiger partial charge in [0.2, 0.25) is 0 Å². The predicted octanol–water partition coefficient (Wildman–Crippen LogP) is 7.26. The van der Waals surface area contributed by atoms with E-state index in [0.717, 1.165) is 30.4 Å². The molecule has 1 aliphatic rings. The fourth-order valence-electron chi connectivity index (χ4n) is 3.58. The lowest BCUT2D eigenvalue weighted by atomic mass is 9.77. The molecule has 0 nitrogen and oxygen atoms in total. The molecule has 1 fully saturated rings. The van der Waals surface area contributed by atoms with E-state index in [0.29, 0.717) is 5.92 Å². The highest BCUT2D eigenvalue weighted by Gasteiger charge is 2.24. The summed E-state index contributed by atoms with van der Waals surface area (Å²) in [6, 6.07) is 4.65. The summed E-state index contributed by atoms with van der Waals surface area (Å²) in [5.41, 5.74) is 0.910. The molecule has 0 N–H and O–H groups in total. The van der Waals surface area contributed by atoms with Gasteiger partial charge in [-0.15, -0.1) is 0 Å². The van der Waals surface area contributed by atoms with Crippen LogP contribution >= 0.6 is 0 Å². The molecule has 0 atom stereocenters. The number of rotatable bonds is 6.